The van der Waals surface area contributed by atoms with E-state index in [2.05, 4.69) is 9.38 Å². The van der Waals surface area contributed by atoms with Gasteiger partial charge in [-0.2, -0.15) is 12.8 Å². The maximum Gasteiger partial charge on any atom is 0.297 e. The normalized spacial score (nSPS) is 17.8. The minimum atomic E-state index is -3.65. The highest BCUT2D eigenvalue weighted by atomic mass is 32.2. The van der Waals surface area contributed by atoms with Crippen LogP contribution in [0.4, 0.5) is 0 Å². The van der Waals surface area contributed by atoms with Crippen LogP contribution in [0.2, 0.25) is 0 Å². The van der Waals surface area contributed by atoms with Crippen molar-refractivity contribution in [2.24, 2.45) is 10.1 Å². The molecule has 2 rings (SSSR count). The molecular formula is C9H9N3O3S. The molecule has 7 heteroatoms. The van der Waals surface area contributed by atoms with E-state index in [4.69, 9.17) is 10.5 Å². The molecule has 1 aliphatic rings. The summed E-state index contributed by atoms with van der Waals surface area (Å²) in [6.45, 7) is 0.0558. The first-order valence-corrected chi connectivity index (χ1v) is 5.85. The van der Waals surface area contributed by atoms with Gasteiger partial charge in [0.25, 0.3) is 10.0 Å². The molecule has 2 heterocycles. The molecule has 84 valence electrons. The molecule has 0 amide bonds. The van der Waals surface area contributed by atoms with Crippen LogP contribution < -0.4 is 10.5 Å². The Morgan fingerprint density at radius 3 is 2.81 bits per heavy atom. The van der Waals surface area contributed by atoms with Crippen molar-refractivity contribution in [2.45, 2.75) is 0 Å². The predicted octanol–water partition coefficient (Wildman–Crippen LogP) is 0.0449. The predicted molar refractivity (Wildman–Crippen MR) is 58.4 cm³/mol. The number of nitrogens with zero attached hydrogens (tertiary/aromatic N) is 2. The Morgan fingerprint density at radius 2 is 2.25 bits per heavy atom. The van der Waals surface area contributed by atoms with Gasteiger partial charge in [-0.25, -0.2) is 0 Å². The van der Waals surface area contributed by atoms with Crippen molar-refractivity contribution < 1.29 is 13.2 Å². The second-order valence-electron chi connectivity index (χ2n) is 3.08. The van der Waals surface area contributed by atoms with Crippen molar-refractivity contribution in [1.29, 1.82) is 0 Å². The quantitative estimate of drug-likeness (QED) is 0.803. The molecule has 0 fully saturated rings. The highest BCUT2D eigenvalue weighted by Crippen LogP contribution is 2.16. The van der Waals surface area contributed by atoms with Crippen LogP contribution in [0.1, 0.15) is 0 Å². The molecule has 1 aliphatic heterocycles. The summed E-state index contributed by atoms with van der Waals surface area (Å²) in [5, 5.41) is -0.253. The van der Waals surface area contributed by atoms with Gasteiger partial charge in [-0.05, 0) is 12.1 Å². The third-order valence-corrected chi connectivity index (χ3v) is 3.17. The molecule has 2 N–H and O–H groups in total. The molecule has 0 aliphatic carbocycles. The zero-order chi connectivity index (χ0) is 11.6. The summed E-state index contributed by atoms with van der Waals surface area (Å²) in [5.41, 5.74) is 5.74. The Hall–Kier alpha value is -1.89. The van der Waals surface area contributed by atoms with E-state index >= 15 is 0 Å². The maximum absolute atomic E-state index is 11.1. The van der Waals surface area contributed by atoms with Gasteiger partial charge >= 0.3 is 0 Å². The summed E-state index contributed by atoms with van der Waals surface area (Å²) < 4.78 is 30.9. The smallest absolute Gasteiger partial charge is 0.297 e. The van der Waals surface area contributed by atoms with Gasteiger partial charge < -0.3 is 10.5 Å². The second-order valence-corrected chi connectivity index (χ2v) is 4.68. The summed E-state index contributed by atoms with van der Waals surface area (Å²) in [6.07, 6.45) is 4.33. The summed E-state index contributed by atoms with van der Waals surface area (Å²) in [4.78, 5) is 3.85. The number of aromatic nitrogens is 1. The van der Waals surface area contributed by atoms with Crippen LogP contribution in [0, 0.1) is 0 Å². The molecule has 0 bridgehead atoms. The van der Waals surface area contributed by atoms with Crippen LogP contribution >= 0.6 is 0 Å². The van der Waals surface area contributed by atoms with Gasteiger partial charge in [0, 0.05) is 11.8 Å². The lowest BCUT2D eigenvalue weighted by Gasteiger charge is -2.04. The highest BCUT2D eigenvalue weighted by Gasteiger charge is 2.22. The molecule has 16 heavy (non-hydrogen) atoms. The monoisotopic (exact) mass is 239 g/mol. The Bertz CT molecular complexity index is 549. The first-order valence-electron chi connectivity index (χ1n) is 4.41. The summed E-state index contributed by atoms with van der Waals surface area (Å²) in [6, 6.07) is 3.43. The number of nitrogens with two attached hydrogens (primary N) is 1. The number of hydrogen-bond acceptors (Lipinski definition) is 5. The first-order chi connectivity index (χ1) is 7.59. The van der Waals surface area contributed by atoms with Crippen molar-refractivity contribution in [1.82, 2.24) is 4.98 Å². The zero-order valence-electron chi connectivity index (χ0n) is 8.20. The largest absolute Gasteiger partial charge is 0.487 e. The van der Waals surface area contributed by atoms with Crippen molar-refractivity contribution in [3.8, 4) is 5.75 Å². The lowest BCUT2D eigenvalue weighted by molar-refractivity contribution is 0.356. The molecule has 1 aromatic rings. The number of rotatable bonds is 3. The van der Waals surface area contributed by atoms with Crippen LogP contribution in [-0.2, 0) is 10.0 Å². The van der Waals surface area contributed by atoms with E-state index < -0.39 is 10.0 Å². The topological polar surface area (TPSA) is 94.6 Å². The average Bonchev–Trinajstić information content (AvgIpc) is 2.54. The molecule has 0 spiro atoms. The number of sulfonamides is 1. The molecule has 1 aromatic heterocycles. The van der Waals surface area contributed by atoms with Crippen molar-refractivity contribution in [3.63, 3.8) is 0 Å². The molecule has 0 saturated heterocycles. The Labute approximate surface area is 92.5 Å². The maximum atomic E-state index is 11.1. The van der Waals surface area contributed by atoms with Crippen LogP contribution in [0.15, 0.2) is 39.5 Å². The minimum absolute atomic E-state index is 0.0558. The lowest BCUT2D eigenvalue weighted by atomic mass is 10.3. The average molecular weight is 239 g/mol. The van der Waals surface area contributed by atoms with E-state index in [0.29, 0.717) is 11.3 Å². The van der Waals surface area contributed by atoms with Gasteiger partial charge in [0.1, 0.15) is 12.4 Å². The molecular weight excluding hydrogens is 230 g/mol. The molecule has 0 aromatic carbocycles. The van der Waals surface area contributed by atoms with Crippen LogP contribution in [-0.4, -0.2) is 26.2 Å². The SMILES string of the molecule is NC1=C(COc2cccnc2)C=NS1(=O)=O. The number of hydrogen-bond donors (Lipinski definition) is 1. The van der Waals surface area contributed by atoms with Gasteiger partial charge in [0.05, 0.1) is 12.4 Å². The number of pyridine rings is 1. The lowest BCUT2D eigenvalue weighted by Crippen LogP contribution is -2.11. The third-order valence-electron chi connectivity index (χ3n) is 1.97. The summed E-state index contributed by atoms with van der Waals surface area (Å²) >= 11 is 0. The third kappa shape index (κ3) is 2.03. The van der Waals surface area contributed by atoms with E-state index in [0.717, 1.165) is 0 Å². The zero-order valence-corrected chi connectivity index (χ0v) is 9.02. The fourth-order valence-electron chi connectivity index (χ4n) is 1.12. The van der Waals surface area contributed by atoms with Crippen LogP contribution in [0.3, 0.4) is 0 Å². The summed E-state index contributed by atoms with van der Waals surface area (Å²) in [7, 11) is -3.65. The second kappa shape index (κ2) is 3.93. The van der Waals surface area contributed by atoms with Crippen LogP contribution in [0.25, 0.3) is 0 Å². The van der Waals surface area contributed by atoms with E-state index in [1.807, 2.05) is 0 Å². The van der Waals surface area contributed by atoms with E-state index in [-0.39, 0.29) is 11.6 Å². The van der Waals surface area contributed by atoms with E-state index in [1.165, 1.54) is 12.4 Å². The molecule has 0 atom stereocenters. The van der Waals surface area contributed by atoms with Gasteiger partial charge in [-0.3, -0.25) is 4.98 Å². The molecule has 6 nitrogen and oxygen atoms in total. The Balaban J connectivity index is 2.09. The number of ether oxygens (including phenoxy) is 1. The standard InChI is InChI=1S/C9H9N3O3S/c10-9-7(4-12-16(9,13)14)6-15-8-2-1-3-11-5-8/h1-5H,6,10H2. The Kier molecular flexibility index (Phi) is 2.61. The fourth-order valence-corrected chi connectivity index (χ4v) is 1.94. The minimum Gasteiger partial charge on any atom is -0.487 e. The van der Waals surface area contributed by atoms with Crippen molar-refractivity contribution >= 4 is 16.2 Å². The van der Waals surface area contributed by atoms with E-state index in [1.54, 1.807) is 18.3 Å². The molecule has 0 saturated carbocycles. The molecule has 0 radical (unpaired) electrons. The van der Waals surface area contributed by atoms with Gasteiger partial charge in [0.2, 0.25) is 0 Å². The van der Waals surface area contributed by atoms with Crippen LogP contribution in [0.5, 0.6) is 5.75 Å². The fraction of sp³-hybridized carbons (Fsp3) is 0.111. The first kappa shape index (κ1) is 10.6. The summed E-state index contributed by atoms with van der Waals surface area (Å²) in [5.74, 6) is 0.542. The molecule has 0 unspecified atom stereocenters. The van der Waals surface area contributed by atoms with Gasteiger partial charge in [0.15, 0.2) is 5.03 Å². The van der Waals surface area contributed by atoms with Crippen molar-refractivity contribution in [2.75, 3.05) is 6.61 Å². The van der Waals surface area contributed by atoms with Gasteiger partial charge in [-0.1, -0.05) is 0 Å². The van der Waals surface area contributed by atoms with Crippen molar-refractivity contribution in [3.05, 3.63) is 35.1 Å². The Morgan fingerprint density at radius 1 is 1.44 bits per heavy atom. The van der Waals surface area contributed by atoms with E-state index in [9.17, 15) is 8.42 Å². The highest BCUT2D eigenvalue weighted by molar-refractivity contribution is 7.94. The van der Waals surface area contributed by atoms with Gasteiger partial charge in [-0.15, -0.1) is 0 Å².